The number of hydrogen-bond acceptors (Lipinski definition) is 3. The van der Waals surface area contributed by atoms with Crippen LogP contribution in [0.15, 0.2) is 30.3 Å². The van der Waals surface area contributed by atoms with Gasteiger partial charge in [-0.1, -0.05) is 18.2 Å². The zero-order valence-corrected chi connectivity index (χ0v) is 9.97. The van der Waals surface area contributed by atoms with E-state index in [0.717, 1.165) is 0 Å². The highest BCUT2D eigenvalue weighted by molar-refractivity contribution is 5.89. The molecule has 0 atom stereocenters. The Morgan fingerprint density at radius 3 is 2.35 bits per heavy atom. The number of carbonyl (C=O) groups excluding carboxylic acids is 1. The van der Waals surface area contributed by atoms with Gasteiger partial charge in [-0.25, -0.2) is 4.79 Å². The Hall–Kier alpha value is -1.84. The van der Waals surface area contributed by atoms with E-state index in [0.29, 0.717) is 12.0 Å². The van der Waals surface area contributed by atoms with Gasteiger partial charge in [0.2, 0.25) is 0 Å². The lowest BCUT2D eigenvalue weighted by Crippen LogP contribution is -2.25. The Labute approximate surface area is 100 Å². The SMILES string of the molecule is CC(C)(CCOC(=O)c1ccccc1)C(=O)O. The van der Waals surface area contributed by atoms with Gasteiger partial charge in [0.25, 0.3) is 0 Å². The van der Waals surface area contributed by atoms with E-state index in [9.17, 15) is 9.59 Å². The number of rotatable bonds is 5. The van der Waals surface area contributed by atoms with E-state index >= 15 is 0 Å². The molecule has 0 heterocycles. The Bertz CT molecular complexity index is 395. The predicted octanol–water partition coefficient (Wildman–Crippen LogP) is 2.34. The molecule has 0 radical (unpaired) electrons. The van der Waals surface area contributed by atoms with Crippen LogP contribution in [0.2, 0.25) is 0 Å². The van der Waals surface area contributed by atoms with E-state index in [4.69, 9.17) is 9.84 Å². The summed E-state index contributed by atoms with van der Waals surface area (Å²) < 4.78 is 5.01. The fourth-order valence-corrected chi connectivity index (χ4v) is 1.16. The Balaban J connectivity index is 2.43. The maximum Gasteiger partial charge on any atom is 0.338 e. The van der Waals surface area contributed by atoms with Crippen LogP contribution in [0.1, 0.15) is 30.6 Å². The molecule has 4 nitrogen and oxygen atoms in total. The largest absolute Gasteiger partial charge is 0.481 e. The highest BCUT2D eigenvalue weighted by atomic mass is 16.5. The molecular weight excluding hydrogens is 220 g/mol. The number of aliphatic carboxylic acids is 1. The van der Waals surface area contributed by atoms with Crippen LogP contribution >= 0.6 is 0 Å². The van der Waals surface area contributed by atoms with Crippen LogP contribution in [0.25, 0.3) is 0 Å². The van der Waals surface area contributed by atoms with Crippen molar-refractivity contribution in [1.82, 2.24) is 0 Å². The summed E-state index contributed by atoms with van der Waals surface area (Å²) in [6.07, 6.45) is 0.293. The van der Waals surface area contributed by atoms with Crippen LogP contribution in [0, 0.1) is 5.41 Å². The van der Waals surface area contributed by atoms with Gasteiger partial charge in [0, 0.05) is 0 Å². The standard InChI is InChI=1S/C13H16O4/c1-13(2,12(15)16)8-9-17-11(14)10-6-4-3-5-7-10/h3-7H,8-9H2,1-2H3,(H,15,16). The van der Waals surface area contributed by atoms with Gasteiger partial charge in [-0.05, 0) is 32.4 Å². The van der Waals surface area contributed by atoms with Crippen molar-refractivity contribution in [2.75, 3.05) is 6.61 Å². The summed E-state index contributed by atoms with van der Waals surface area (Å²) >= 11 is 0. The molecular formula is C13H16O4. The predicted molar refractivity (Wildman–Crippen MR) is 62.8 cm³/mol. The summed E-state index contributed by atoms with van der Waals surface area (Å²) in [5, 5.41) is 8.88. The molecule has 17 heavy (non-hydrogen) atoms. The molecule has 0 aliphatic carbocycles. The van der Waals surface area contributed by atoms with Gasteiger partial charge in [-0.3, -0.25) is 4.79 Å². The molecule has 0 spiro atoms. The summed E-state index contributed by atoms with van der Waals surface area (Å²) in [6, 6.07) is 8.62. The average molecular weight is 236 g/mol. The van der Waals surface area contributed by atoms with Crippen LogP contribution in [-0.4, -0.2) is 23.7 Å². The number of carbonyl (C=O) groups is 2. The van der Waals surface area contributed by atoms with E-state index in [2.05, 4.69) is 0 Å². The van der Waals surface area contributed by atoms with Crippen molar-refractivity contribution in [3.05, 3.63) is 35.9 Å². The van der Waals surface area contributed by atoms with Gasteiger partial charge in [0.05, 0.1) is 17.6 Å². The molecule has 0 amide bonds. The third-order valence-corrected chi connectivity index (χ3v) is 2.55. The van der Waals surface area contributed by atoms with Gasteiger partial charge in [0.15, 0.2) is 0 Å². The molecule has 0 fully saturated rings. The molecule has 0 aromatic heterocycles. The van der Waals surface area contributed by atoms with Crippen LogP contribution in [-0.2, 0) is 9.53 Å². The lowest BCUT2D eigenvalue weighted by atomic mass is 9.90. The van der Waals surface area contributed by atoms with Crippen molar-refractivity contribution in [3.63, 3.8) is 0 Å². The molecule has 0 bridgehead atoms. The van der Waals surface area contributed by atoms with Crippen molar-refractivity contribution in [1.29, 1.82) is 0 Å². The minimum atomic E-state index is -0.895. The molecule has 0 aliphatic heterocycles. The van der Waals surface area contributed by atoms with Crippen LogP contribution in [0.5, 0.6) is 0 Å². The molecule has 0 unspecified atom stereocenters. The second-order valence-electron chi connectivity index (χ2n) is 4.44. The van der Waals surface area contributed by atoms with E-state index < -0.39 is 17.4 Å². The molecule has 1 rings (SSSR count). The van der Waals surface area contributed by atoms with Crippen LogP contribution in [0.4, 0.5) is 0 Å². The Morgan fingerprint density at radius 2 is 1.82 bits per heavy atom. The van der Waals surface area contributed by atoms with Gasteiger partial charge in [-0.15, -0.1) is 0 Å². The summed E-state index contributed by atoms with van der Waals surface area (Å²) in [7, 11) is 0. The normalized spacial score (nSPS) is 10.9. The third kappa shape index (κ3) is 3.90. The second kappa shape index (κ2) is 5.48. The molecule has 0 saturated heterocycles. The summed E-state index contributed by atoms with van der Waals surface area (Å²) in [5.74, 6) is -1.32. The fraction of sp³-hybridized carbons (Fsp3) is 0.385. The molecule has 0 aliphatic rings. The lowest BCUT2D eigenvalue weighted by molar-refractivity contribution is -0.147. The molecule has 92 valence electrons. The van der Waals surface area contributed by atoms with Crippen molar-refractivity contribution in [3.8, 4) is 0 Å². The summed E-state index contributed by atoms with van der Waals surface area (Å²) in [6.45, 7) is 3.31. The highest BCUT2D eigenvalue weighted by Crippen LogP contribution is 2.20. The van der Waals surface area contributed by atoms with Gasteiger partial charge < -0.3 is 9.84 Å². The number of carboxylic acids is 1. The quantitative estimate of drug-likeness (QED) is 0.797. The molecule has 1 N–H and O–H groups in total. The van der Waals surface area contributed by atoms with Gasteiger partial charge in [0.1, 0.15) is 0 Å². The van der Waals surface area contributed by atoms with Gasteiger partial charge >= 0.3 is 11.9 Å². The Morgan fingerprint density at radius 1 is 1.24 bits per heavy atom. The highest BCUT2D eigenvalue weighted by Gasteiger charge is 2.27. The van der Waals surface area contributed by atoms with E-state index in [1.54, 1.807) is 38.1 Å². The first-order chi connectivity index (χ1) is 7.93. The first kappa shape index (κ1) is 13.2. The zero-order chi connectivity index (χ0) is 12.9. The number of ether oxygens (including phenoxy) is 1. The van der Waals surface area contributed by atoms with Crippen molar-refractivity contribution < 1.29 is 19.4 Å². The average Bonchev–Trinajstić information content (AvgIpc) is 2.29. The van der Waals surface area contributed by atoms with Crippen molar-refractivity contribution in [2.45, 2.75) is 20.3 Å². The minimum Gasteiger partial charge on any atom is -0.481 e. The number of esters is 1. The summed E-state index contributed by atoms with van der Waals surface area (Å²) in [5.41, 5.74) is -0.405. The number of hydrogen-bond donors (Lipinski definition) is 1. The number of benzene rings is 1. The maximum absolute atomic E-state index is 11.5. The molecule has 1 aromatic carbocycles. The maximum atomic E-state index is 11.5. The zero-order valence-electron chi connectivity index (χ0n) is 9.97. The minimum absolute atomic E-state index is 0.104. The first-order valence-electron chi connectivity index (χ1n) is 5.39. The third-order valence-electron chi connectivity index (χ3n) is 2.55. The number of carboxylic acid groups (broad SMARTS) is 1. The van der Waals surface area contributed by atoms with Crippen molar-refractivity contribution in [2.24, 2.45) is 5.41 Å². The summed E-state index contributed by atoms with van der Waals surface area (Å²) in [4.78, 5) is 22.4. The Kier molecular flexibility index (Phi) is 4.26. The molecule has 0 saturated carbocycles. The molecule has 1 aromatic rings. The lowest BCUT2D eigenvalue weighted by Gasteiger charge is -2.18. The first-order valence-corrected chi connectivity index (χ1v) is 5.39. The van der Waals surface area contributed by atoms with Crippen molar-refractivity contribution >= 4 is 11.9 Å². The topological polar surface area (TPSA) is 63.6 Å². The smallest absolute Gasteiger partial charge is 0.338 e. The van der Waals surface area contributed by atoms with E-state index in [-0.39, 0.29) is 6.61 Å². The second-order valence-corrected chi connectivity index (χ2v) is 4.44. The van der Waals surface area contributed by atoms with E-state index in [1.165, 1.54) is 0 Å². The molecule has 4 heteroatoms. The van der Waals surface area contributed by atoms with Crippen LogP contribution in [0.3, 0.4) is 0 Å². The monoisotopic (exact) mass is 236 g/mol. The van der Waals surface area contributed by atoms with Crippen LogP contribution < -0.4 is 0 Å². The fourth-order valence-electron chi connectivity index (χ4n) is 1.16. The van der Waals surface area contributed by atoms with E-state index in [1.807, 2.05) is 6.07 Å². The van der Waals surface area contributed by atoms with Gasteiger partial charge in [-0.2, -0.15) is 0 Å².